The van der Waals surface area contributed by atoms with Gasteiger partial charge in [-0.25, -0.2) is 4.39 Å². The molecule has 3 heterocycles. The molecule has 5 heteroatoms. The van der Waals surface area contributed by atoms with Gasteiger partial charge in [0.25, 0.3) is 0 Å². The summed E-state index contributed by atoms with van der Waals surface area (Å²) in [6, 6.07) is 4.33. The predicted octanol–water partition coefficient (Wildman–Crippen LogP) is 2.70. The van der Waals surface area contributed by atoms with Gasteiger partial charge in [0.15, 0.2) is 0 Å². The highest BCUT2D eigenvalue weighted by Crippen LogP contribution is 2.20. The molecule has 2 aliphatic rings. The summed E-state index contributed by atoms with van der Waals surface area (Å²) >= 11 is 0. The summed E-state index contributed by atoms with van der Waals surface area (Å²) in [6.45, 7) is 9.30. The minimum absolute atomic E-state index is 0.532. The second-order valence-electron chi connectivity index (χ2n) is 6.17. The van der Waals surface area contributed by atoms with Crippen molar-refractivity contribution in [2.45, 2.75) is 32.4 Å². The van der Waals surface area contributed by atoms with Crippen molar-refractivity contribution in [2.75, 3.05) is 51.3 Å². The molecular weight excluding hydrogens is 281 g/mol. The fourth-order valence-corrected chi connectivity index (χ4v) is 2.53. The fourth-order valence-electron chi connectivity index (χ4n) is 2.53. The van der Waals surface area contributed by atoms with Crippen molar-refractivity contribution in [2.24, 2.45) is 0 Å². The molecule has 0 aliphatic carbocycles. The lowest BCUT2D eigenvalue weighted by Crippen LogP contribution is -2.45. The molecular formula is C17H28FN3O. The number of hydrogen-bond acceptors (Lipinski definition) is 4. The van der Waals surface area contributed by atoms with Gasteiger partial charge in [0.05, 0.1) is 25.1 Å². The van der Waals surface area contributed by atoms with E-state index >= 15 is 0 Å². The highest BCUT2D eigenvalue weighted by atomic mass is 19.1. The Balaban J connectivity index is 0.000000246. The highest BCUT2D eigenvalue weighted by Gasteiger charge is 2.21. The molecule has 124 valence electrons. The Morgan fingerprint density at radius 3 is 2.41 bits per heavy atom. The van der Waals surface area contributed by atoms with Crippen molar-refractivity contribution < 1.29 is 9.13 Å². The van der Waals surface area contributed by atoms with E-state index < -0.39 is 6.17 Å². The number of halogens is 1. The molecule has 1 atom stereocenters. The van der Waals surface area contributed by atoms with Gasteiger partial charge in [-0.15, -0.1) is 0 Å². The number of nitrogens with zero attached hydrogens (tertiary/aromatic N) is 3. The Morgan fingerprint density at radius 2 is 2.00 bits per heavy atom. The zero-order valence-corrected chi connectivity index (χ0v) is 14.0. The van der Waals surface area contributed by atoms with Crippen LogP contribution >= 0.6 is 0 Å². The maximum Gasteiger partial charge on any atom is 0.125 e. The molecule has 22 heavy (non-hydrogen) atoms. The van der Waals surface area contributed by atoms with Gasteiger partial charge in [-0.05, 0) is 31.5 Å². The van der Waals surface area contributed by atoms with Crippen molar-refractivity contribution in [1.82, 2.24) is 9.88 Å². The first-order valence-corrected chi connectivity index (χ1v) is 8.21. The Labute approximate surface area is 133 Å². The number of pyridine rings is 1. The molecule has 2 fully saturated rings. The van der Waals surface area contributed by atoms with Crippen LogP contribution in [0, 0.1) is 0 Å². The normalized spacial score (nSPS) is 20.8. The first-order valence-electron chi connectivity index (χ1n) is 8.21. The van der Waals surface area contributed by atoms with Crippen LogP contribution in [0.25, 0.3) is 0 Å². The maximum absolute atomic E-state index is 11.7. The van der Waals surface area contributed by atoms with Gasteiger partial charge in [0.1, 0.15) is 6.17 Å². The van der Waals surface area contributed by atoms with Gasteiger partial charge < -0.3 is 14.5 Å². The van der Waals surface area contributed by atoms with Gasteiger partial charge in [0.2, 0.25) is 0 Å². The average Bonchev–Trinajstić information content (AvgIpc) is 2.55. The van der Waals surface area contributed by atoms with E-state index in [1.165, 1.54) is 11.4 Å². The summed E-state index contributed by atoms with van der Waals surface area (Å²) in [6.07, 6.45) is 2.60. The minimum Gasteiger partial charge on any atom is -0.378 e. The molecule has 1 aromatic heterocycles. The summed E-state index contributed by atoms with van der Waals surface area (Å²) in [4.78, 5) is 8.82. The third-order valence-electron chi connectivity index (χ3n) is 4.28. The standard InChI is InChI=1S/C13H20N2O.C4H8FN/c1-3-11(2)13-5-4-12(10-14-13)15-6-8-16-9-7-15;1-6-2-4(5)3-6/h4-5,10-11H,3,6-9H2,1-2H3;4H,2-3H2,1H3. The summed E-state index contributed by atoms with van der Waals surface area (Å²) in [7, 11) is 1.91. The zero-order chi connectivity index (χ0) is 15.9. The van der Waals surface area contributed by atoms with E-state index in [0.717, 1.165) is 32.7 Å². The van der Waals surface area contributed by atoms with E-state index in [1.807, 2.05) is 18.1 Å². The summed E-state index contributed by atoms with van der Waals surface area (Å²) in [5, 5.41) is 0. The van der Waals surface area contributed by atoms with E-state index in [4.69, 9.17) is 4.74 Å². The lowest BCUT2D eigenvalue weighted by Gasteiger charge is -2.29. The molecule has 0 radical (unpaired) electrons. The lowest BCUT2D eigenvalue weighted by molar-refractivity contribution is 0.0915. The first-order chi connectivity index (χ1) is 10.6. The molecule has 0 N–H and O–H groups in total. The van der Waals surface area contributed by atoms with Crippen LogP contribution in [0.15, 0.2) is 18.3 Å². The van der Waals surface area contributed by atoms with Crippen LogP contribution in [-0.4, -0.2) is 62.5 Å². The maximum atomic E-state index is 11.7. The van der Waals surface area contributed by atoms with Gasteiger partial charge >= 0.3 is 0 Å². The zero-order valence-electron chi connectivity index (χ0n) is 14.0. The third kappa shape index (κ3) is 4.92. The lowest BCUT2D eigenvalue weighted by atomic mass is 10.0. The molecule has 0 spiro atoms. The molecule has 0 amide bonds. The number of anilines is 1. The van der Waals surface area contributed by atoms with Gasteiger partial charge in [-0.1, -0.05) is 13.8 Å². The summed E-state index contributed by atoms with van der Waals surface area (Å²) in [5.41, 5.74) is 2.41. The van der Waals surface area contributed by atoms with E-state index in [1.54, 1.807) is 0 Å². The smallest absolute Gasteiger partial charge is 0.125 e. The van der Waals surface area contributed by atoms with Crippen LogP contribution in [-0.2, 0) is 4.74 Å². The quantitative estimate of drug-likeness (QED) is 0.858. The van der Waals surface area contributed by atoms with Gasteiger partial charge in [-0.2, -0.15) is 0 Å². The molecule has 0 saturated carbocycles. The first kappa shape index (κ1) is 17.2. The molecule has 2 saturated heterocycles. The van der Waals surface area contributed by atoms with E-state index in [2.05, 4.69) is 35.9 Å². The van der Waals surface area contributed by atoms with Crippen molar-refractivity contribution >= 4 is 5.69 Å². The predicted molar refractivity (Wildman–Crippen MR) is 88.4 cm³/mol. The van der Waals surface area contributed by atoms with Crippen LogP contribution in [0.2, 0.25) is 0 Å². The number of hydrogen-bond donors (Lipinski definition) is 0. The van der Waals surface area contributed by atoms with Crippen molar-refractivity contribution in [1.29, 1.82) is 0 Å². The van der Waals surface area contributed by atoms with Crippen LogP contribution in [0.4, 0.5) is 10.1 Å². The highest BCUT2D eigenvalue weighted by molar-refractivity contribution is 5.45. The Hall–Kier alpha value is -1.20. The Bertz CT molecular complexity index is 422. The number of likely N-dealkylation sites (tertiary alicyclic amines) is 1. The number of alkyl halides is 1. The fraction of sp³-hybridized carbons (Fsp3) is 0.706. The second kappa shape index (κ2) is 8.44. The molecule has 1 aromatic rings. The van der Waals surface area contributed by atoms with Gasteiger partial charge in [0, 0.05) is 31.9 Å². The van der Waals surface area contributed by atoms with Crippen LogP contribution in [0.3, 0.4) is 0 Å². The number of ether oxygens (including phenoxy) is 1. The number of rotatable bonds is 3. The SMILES string of the molecule is CCC(C)c1ccc(N2CCOCC2)cn1.CN1CC(F)C1. The molecule has 1 unspecified atom stereocenters. The van der Waals surface area contributed by atoms with Crippen LogP contribution in [0.1, 0.15) is 31.9 Å². The van der Waals surface area contributed by atoms with E-state index in [-0.39, 0.29) is 0 Å². The van der Waals surface area contributed by atoms with E-state index in [9.17, 15) is 4.39 Å². The van der Waals surface area contributed by atoms with E-state index in [0.29, 0.717) is 19.0 Å². The average molecular weight is 309 g/mol. The Kier molecular flexibility index (Phi) is 6.58. The molecule has 0 aromatic carbocycles. The molecule has 0 bridgehead atoms. The largest absolute Gasteiger partial charge is 0.378 e. The number of morpholine rings is 1. The van der Waals surface area contributed by atoms with Crippen molar-refractivity contribution in [3.63, 3.8) is 0 Å². The van der Waals surface area contributed by atoms with Crippen molar-refractivity contribution in [3.8, 4) is 0 Å². The van der Waals surface area contributed by atoms with Crippen LogP contribution in [0.5, 0.6) is 0 Å². The second-order valence-corrected chi connectivity index (χ2v) is 6.17. The third-order valence-corrected chi connectivity index (χ3v) is 4.28. The summed E-state index contributed by atoms with van der Waals surface area (Å²) < 4.78 is 17.1. The molecule has 2 aliphatic heterocycles. The summed E-state index contributed by atoms with van der Waals surface area (Å²) in [5.74, 6) is 0.554. The topological polar surface area (TPSA) is 28.6 Å². The minimum atomic E-state index is -0.532. The van der Waals surface area contributed by atoms with Gasteiger partial charge in [-0.3, -0.25) is 4.98 Å². The molecule has 4 nitrogen and oxygen atoms in total. The Morgan fingerprint density at radius 1 is 1.32 bits per heavy atom. The molecule has 3 rings (SSSR count). The van der Waals surface area contributed by atoms with Crippen molar-refractivity contribution in [3.05, 3.63) is 24.0 Å². The van der Waals surface area contributed by atoms with Crippen LogP contribution < -0.4 is 4.90 Å². The monoisotopic (exact) mass is 309 g/mol. The number of aromatic nitrogens is 1.